The number of aromatic nitrogens is 1. The number of anilines is 2. The third-order valence-electron chi connectivity index (χ3n) is 7.18. The molecule has 35 heavy (non-hydrogen) atoms. The van der Waals surface area contributed by atoms with Crippen LogP contribution >= 0.6 is 11.3 Å². The molecule has 7 heteroatoms. The normalized spacial score (nSPS) is 18.0. The van der Waals surface area contributed by atoms with E-state index in [4.69, 9.17) is 4.98 Å². The van der Waals surface area contributed by atoms with Crippen molar-refractivity contribution >= 4 is 38.4 Å². The molecule has 2 aliphatic rings. The van der Waals surface area contributed by atoms with Gasteiger partial charge < -0.3 is 20.9 Å². The number of nitrogens with one attached hydrogen (secondary N) is 3. The van der Waals surface area contributed by atoms with Crippen LogP contribution in [0.25, 0.3) is 10.2 Å². The van der Waals surface area contributed by atoms with Crippen LogP contribution in [0.1, 0.15) is 24.0 Å². The maximum atomic E-state index is 12.4. The van der Waals surface area contributed by atoms with Gasteiger partial charge in [-0.15, -0.1) is 0 Å². The quantitative estimate of drug-likeness (QED) is 0.341. The highest BCUT2D eigenvalue weighted by molar-refractivity contribution is 7.22. The Labute approximate surface area is 209 Å². The summed E-state index contributed by atoms with van der Waals surface area (Å²) in [4.78, 5) is 19.7. The summed E-state index contributed by atoms with van der Waals surface area (Å²) in [5.41, 5.74) is 4.21. The number of fused-ring (bicyclic) bond motifs is 3. The first kappa shape index (κ1) is 22.1. The van der Waals surface area contributed by atoms with Gasteiger partial charge in [-0.3, -0.25) is 0 Å². The lowest BCUT2D eigenvalue weighted by Crippen LogP contribution is -2.57. The third-order valence-corrected chi connectivity index (χ3v) is 8.15. The summed E-state index contributed by atoms with van der Waals surface area (Å²) in [6.07, 6.45) is 2.73. The van der Waals surface area contributed by atoms with Crippen molar-refractivity contribution in [3.8, 4) is 0 Å². The fraction of sp³-hybridized carbons (Fsp3) is 0.286. The molecule has 2 amide bonds. The van der Waals surface area contributed by atoms with Crippen molar-refractivity contribution in [1.82, 2.24) is 15.2 Å². The van der Waals surface area contributed by atoms with Gasteiger partial charge in [0.15, 0.2) is 5.13 Å². The molecule has 2 aliphatic heterocycles. The Morgan fingerprint density at radius 1 is 0.971 bits per heavy atom. The van der Waals surface area contributed by atoms with E-state index in [9.17, 15) is 4.79 Å². The monoisotopic (exact) mass is 483 g/mol. The summed E-state index contributed by atoms with van der Waals surface area (Å²) >= 11 is 1.71. The summed E-state index contributed by atoms with van der Waals surface area (Å²) in [6.45, 7) is 2.79. The molecule has 4 aromatic rings. The van der Waals surface area contributed by atoms with Crippen LogP contribution in [0.2, 0.25) is 0 Å². The number of rotatable bonds is 6. The molecule has 3 aromatic carbocycles. The number of hydrogen-bond donors (Lipinski definition) is 3. The molecule has 0 saturated carbocycles. The molecule has 0 unspecified atom stereocenters. The van der Waals surface area contributed by atoms with Gasteiger partial charge in [-0.1, -0.05) is 72.0 Å². The van der Waals surface area contributed by atoms with Crippen molar-refractivity contribution in [3.05, 3.63) is 90.0 Å². The van der Waals surface area contributed by atoms with Crippen molar-refractivity contribution in [1.29, 1.82) is 0 Å². The topological polar surface area (TPSA) is 69.3 Å². The lowest BCUT2D eigenvalue weighted by molar-refractivity contribution is 0.133. The van der Waals surface area contributed by atoms with E-state index in [0.29, 0.717) is 0 Å². The first-order valence-corrected chi connectivity index (χ1v) is 13.1. The molecule has 1 atom stereocenters. The number of carbonyl (C=O) groups is 1. The predicted octanol–water partition coefficient (Wildman–Crippen LogP) is 5.45. The second-order valence-corrected chi connectivity index (χ2v) is 10.6. The zero-order valence-corrected chi connectivity index (χ0v) is 20.4. The maximum Gasteiger partial charge on any atom is 0.319 e. The van der Waals surface area contributed by atoms with Gasteiger partial charge in [0.1, 0.15) is 0 Å². The van der Waals surface area contributed by atoms with Crippen LogP contribution in [0.3, 0.4) is 0 Å². The molecule has 3 N–H and O–H groups in total. The van der Waals surface area contributed by atoms with Gasteiger partial charge >= 0.3 is 6.03 Å². The Hall–Kier alpha value is -3.42. The van der Waals surface area contributed by atoms with Crippen LogP contribution in [0.15, 0.2) is 78.9 Å². The summed E-state index contributed by atoms with van der Waals surface area (Å²) in [5, 5.41) is 10.9. The average molecular weight is 484 g/mol. The highest BCUT2D eigenvalue weighted by atomic mass is 32.1. The molecular weight excluding hydrogens is 454 g/mol. The van der Waals surface area contributed by atoms with E-state index in [1.54, 1.807) is 11.3 Å². The van der Waals surface area contributed by atoms with E-state index >= 15 is 0 Å². The Bertz CT molecular complexity index is 1300. The molecule has 3 heterocycles. The van der Waals surface area contributed by atoms with E-state index in [0.717, 1.165) is 55.2 Å². The molecule has 6 rings (SSSR count). The minimum atomic E-state index is -0.287. The van der Waals surface area contributed by atoms with Gasteiger partial charge in [0.05, 0.1) is 15.8 Å². The van der Waals surface area contributed by atoms with Crippen molar-refractivity contribution in [2.75, 3.05) is 30.3 Å². The first-order valence-electron chi connectivity index (χ1n) is 12.2. The zero-order chi connectivity index (χ0) is 23.7. The largest absolute Gasteiger partial charge is 0.357 e. The van der Waals surface area contributed by atoms with Gasteiger partial charge in [0.2, 0.25) is 0 Å². The number of thiazole rings is 1. The number of para-hydroxylation sites is 2. The zero-order valence-electron chi connectivity index (χ0n) is 19.5. The number of hydrogen-bond acceptors (Lipinski definition) is 5. The van der Waals surface area contributed by atoms with Gasteiger partial charge in [0.25, 0.3) is 0 Å². The fourth-order valence-electron chi connectivity index (χ4n) is 5.44. The molecule has 178 valence electrons. The smallest absolute Gasteiger partial charge is 0.319 e. The summed E-state index contributed by atoms with van der Waals surface area (Å²) in [7, 11) is 0. The Kier molecular flexibility index (Phi) is 5.88. The number of nitrogens with zero attached hydrogens (tertiary/aromatic N) is 2. The Balaban J connectivity index is 1.18. The molecule has 1 fully saturated rings. The molecule has 1 saturated heterocycles. The van der Waals surface area contributed by atoms with E-state index in [1.165, 1.54) is 15.8 Å². The first-order chi connectivity index (χ1) is 17.2. The predicted molar refractivity (Wildman–Crippen MR) is 143 cm³/mol. The van der Waals surface area contributed by atoms with Crippen LogP contribution in [0.4, 0.5) is 15.6 Å². The van der Waals surface area contributed by atoms with Crippen LogP contribution in [-0.4, -0.2) is 41.6 Å². The fourth-order valence-corrected chi connectivity index (χ4v) is 6.38. The lowest BCUT2D eigenvalue weighted by Gasteiger charge is -2.46. The summed E-state index contributed by atoms with van der Waals surface area (Å²) in [6, 6.07) is 27.3. The van der Waals surface area contributed by atoms with Gasteiger partial charge in [-0.05, 0) is 43.0 Å². The second-order valence-electron chi connectivity index (χ2n) is 9.53. The highest BCUT2D eigenvalue weighted by Crippen LogP contribution is 2.39. The number of piperidine rings is 1. The maximum absolute atomic E-state index is 12.4. The standard InChI is InChI=1S/C28H29N5OS/c34-26-30-23-11-5-4-10-22(23)28(32-26)14-16-33(17-15-28)19-21(18-20-8-2-1-3-9-20)29-27-31-24-12-6-7-13-25(24)35-27/h1-13,21H,14-19H2,(H,29,31)(H2,30,32,34)/t21-/m0/s1. The van der Waals surface area contributed by atoms with Crippen molar-refractivity contribution < 1.29 is 4.79 Å². The van der Waals surface area contributed by atoms with E-state index in [-0.39, 0.29) is 17.6 Å². The summed E-state index contributed by atoms with van der Waals surface area (Å²) < 4.78 is 1.20. The molecule has 1 spiro atoms. The highest BCUT2D eigenvalue weighted by Gasteiger charge is 2.42. The van der Waals surface area contributed by atoms with Gasteiger partial charge in [-0.25, -0.2) is 9.78 Å². The van der Waals surface area contributed by atoms with Gasteiger partial charge in [-0.2, -0.15) is 0 Å². The minimum absolute atomic E-state index is 0.100. The van der Waals surface area contributed by atoms with Crippen molar-refractivity contribution in [3.63, 3.8) is 0 Å². The number of carbonyl (C=O) groups excluding carboxylic acids is 1. The molecular formula is C28H29N5OS. The van der Waals surface area contributed by atoms with E-state index < -0.39 is 0 Å². The number of amides is 2. The summed E-state index contributed by atoms with van der Waals surface area (Å²) in [5.74, 6) is 0. The third kappa shape index (κ3) is 4.61. The number of likely N-dealkylation sites (tertiary alicyclic amines) is 1. The second kappa shape index (κ2) is 9.32. The van der Waals surface area contributed by atoms with Gasteiger partial charge in [0, 0.05) is 36.9 Å². The Morgan fingerprint density at radius 3 is 2.54 bits per heavy atom. The average Bonchev–Trinajstić information content (AvgIpc) is 3.28. The lowest BCUT2D eigenvalue weighted by atomic mass is 9.79. The molecule has 1 aromatic heterocycles. The van der Waals surface area contributed by atoms with Crippen LogP contribution in [0.5, 0.6) is 0 Å². The Morgan fingerprint density at radius 2 is 1.71 bits per heavy atom. The molecule has 6 nitrogen and oxygen atoms in total. The van der Waals surface area contributed by atoms with E-state index in [1.807, 2.05) is 18.2 Å². The van der Waals surface area contributed by atoms with Crippen molar-refractivity contribution in [2.45, 2.75) is 30.8 Å². The van der Waals surface area contributed by atoms with Crippen LogP contribution in [0, 0.1) is 0 Å². The number of benzene rings is 3. The molecule has 0 radical (unpaired) electrons. The van der Waals surface area contributed by atoms with Crippen LogP contribution in [-0.2, 0) is 12.0 Å². The van der Waals surface area contributed by atoms with Crippen molar-refractivity contribution in [2.24, 2.45) is 0 Å². The molecule has 0 bridgehead atoms. The SMILES string of the molecule is O=C1Nc2ccccc2C2(CCN(C[C@H](Cc3ccccc3)Nc3nc4ccccc4s3)CC2)N1. The number of urea groups is 1. The minimum Gasteiger partial charge on any atom is -0.357 e. The molecule has 0 aliphatic carbocycles. The van der Waals surface area contributed by atoms with E-state index in [2.05, 4.69) is 81.5 Å². The van der Waals surface area contributed by atoms with Crippen LogP contribution < -0.4 is 16.0 Å².